The molecule has 0 aromatic rings. The molecule has 3 nitrogen and oxygen atoms in total. The van der Waals surface area contributed by atoms with Crippen molar-refractivity contribution in [2.24, 2.45) is 11.8 Å². The zero-order valence-corrected chi connectivity index (χ0v) is 8.69. The van der Waals surface area contributed by atoms with E-state index >= 15 is 0 Å². The first-order valence-corrected chi connectivity index (χ1v) is 4.99. The first kappa shape index (κ1) is 11.0. The van der Waals surface area contributed by atoms with Crippen LogP contribution in [0.1, 0.15) is 26.7 Å². The van der Waals surface area contributed by atoms with E-state index in [0.717, 1.165) is 12.8 Å². The summed E-state index contributed by atoms with van der Waals surface area (Å²) in [6.07, 6.45) is 7.11. The first-order valence-electron chi connectivity index (χ1n) is 4.99. The Labute approximate surface area is 84.7 Å². The highest BCUT2D eigenvalue weighted by molar-refractivity contribution is 5.67. The Bertz CT molecular complexity index is 248. The van der Waals surface area contributed by atoms with E-state index in [2.05, 4.69) is 6.92 Å². The third-order valence-electron chi connectivity index (χ3n) is 2.82. The van der Waals surface area contributed by atoms with Crippen molar-refractivity contribution in [1.82, 2.24) is 0 Å². The Morgan fingerprint density at radius 1 is 1.50 bits per heavy atom. The molecular weight excluding hydrogens is 178 g/mol. The van der Waals surface area contributed by atoms with Gasteiger partial charge in [0.25, 0.3) is 0 Å². The zero-order valence-electron chi connectivity index (χ0n) is 8.69. The van der Waals surface area contributed by atoms with Crippen molar-refractivity contribution in [2.75, 3.05) is 0 Å². The number of carbonyl (C=O) groups excluding carboxylic acids is 1. The Morgan fingerprint density at radius 3 is 2.79 bits per heavy atom. The van der Waals surface area contributed by atoms with Crippen LogP contribution in [0, 0.1) is 17.2 Å². The minimum atomic E-state index is -0.196. The van der Waals surface area contributed by atoms with Crippen LogP contribution in [-0.2, 0) is 9.53 Å². The number of esters is 1. The molecule has 1 rings (SSSR count). The molecule has 1 N–H and O–H groups in total. The fraction of sp³-hybridized carbons (Fsp3) is 0.636. The minimum absolute atomic E-state index is 0.0629. The molecule has 0 aromatic heterocycles. The number of carbonyl (C=O) groups is 1. The fourth-order valence-electron chi connectivity index (χ4n) is 2.01. The second-order valence-corrected chi connectivity index (χ2v) is 3.80. The van der Waals surface area contributed by atoms with Crippen LogP contribution < -0.4 is 0 Å². The molecule has 0 spiro atoms. The molecule has 14 heavy (non-hydrogen) atoms. The van der Waals surface area contributed by atoms with Crippen LogP contribution >= 0.6 is 0 Å². The number of ether oxygens (including phenoxy) is 1. The van der Waals surface area contributed by atoms with E-state index in [1.807, 2.05) is 6.08 Å². The molecule has 1 saturated carbocycles. The molecule has 78 valence electrons. The number of hydrogen-bond donors (Lipinski definition) is 1. The van der Waals surface area contributed by atoms with E-state index in [4.69, 9.17) is 10.1 Å². The molecule has 0 aromatic carbocycles. The maximum atomic E-state index is 10.8. The van der Waals surface area contributed by atoms with Crippen LogP contribution in [0.15, 0.2) is 12.2 Å². The molecule has 0 aliphatic heterocycles. The van der Waals surface area contributed by atoms with Crippen LogP contribution in [0.2, 0.25) is 0 Å². The lowest BCUT2D eigenvalue weighted by molar-refractivity contribution is -0.147. The summed E-state index contributed by atoms with van der Waals surface area (Å²) in [6, 6.07) is 0. The summed E-state index contributed by atoms with van der Waals surface area (Å²) in [5, 5.41) is 6.90. The summed E-state index contributed by atoms with van der Waals surface area (Å²) >= 11 is 0. The third kappa shape index (κ3) is 2.69. The number of nitrogens with one attached hydrogen (secondary N) is 1. The van der Waals surface area contributed by atoms with Gasteiger partial charge < -0.3 is 10.1 Å². The largest absolute Gasteiger partial charge is 0.462 e. The molecule has 3 heteroatoms. The molecule has 1 aliphatic carbocycles. The smallest absolute Gasteiger partial charge is 0.302 e. The molecule has 0 heterocycles. The molecule has 1 aliphatic rings. The van der Waals surface area contributed by atoms with Gasteiger partial charge in [-0.25, -0.2) is 0 Å². The van der Waals surface area contributed by atoms with Gasteiger partial charge in [-0.3, -0.25) is 4.79 Å². The third-order valence-corrected chi connectivity index (χ3v) is 2.82. The topological polar surface area (TPSA) is 50.2 Å². The highest BCUT2D eigenvalue weighted by atomic mass is 16.5. The molecular formula is C11H17NO2. The van der Waals surface area contributed by atoms with Crippen LogP contribution in [-0.4, -0.2) is 18.3 Å². The maximum absolute atomic E-state index is 10.8. The van der Waals surface area contributed by atoms with Crippen molar-refractivity contribution in [3.63, 3.8) is 0 Å². The molecule has 3 atom stereocenters. The predicted molar refractivity (Wildman–Crippen MR) is 55.4 cm³/mol. The summed E-state index contributed by atoms with van der Waals surface area (Å²) in [4.78, 5) is 10.8. The van der Waals surface area contributed by atoms with Crippen molar-refractivity contribution < 1.29 is 9.53 Å². The minimum Gasteiger partial charge on any atom is -0.462 e. The van der Waals surface area contributed by atoms with Crippen molar-refractivity contribution in [1.29, 1.82) is 5.41 Å². The van der Waals surface area contributed by atoms with Gasteiger partial charge in [-0.05, 0) is 30.8 Å². The van der Waals surface area contributed by atoms with Crippen molar-refractivity contribution in [3.8, 4) is 0 Å². The first-order chi connectivity index (χ1) is 6.65. The maximum Gasteiger partial charge on any atom is 0.302 e. The fourth-order valence-corrected chi connectivity index (χ4v) is 2.01. The number of allylic oxidation sites excluding steroid dienone is 2. The van der Waals surface area contributed by atoms with Gasteiger partial charge in [-0.2, -0.15) is 0 Å². The highest BCUT2D eigenvalue weighted by Gasteiger charge is 2.33. The molecule has 0 radical (unpaired) electrons. The Hall–Kier alpha value is -1.12. The standard InChI is InChI=1S/C11H17NO2/c1-8-10(4-3-7-12)5-6-11(8)14-9(2)13/h3-4,7-8,10-12H,5-6H2,1-2H3/b4-3-,12-7?. The van der Waals surface area contributed by atoms with Gasteiger partial charge in [-0.15, -0.1) is 0 Å². The second kappa shape index (κ2) is 4.94. The van der Waals surface area contributed by atoms with Gasteiger partial charge in [-0.1, -0.05) is 13.0 Å². The normalized spacial score (nSPS) is 32.0. The lowest BCUT2D eigenvalue weighted by atomic mass is 9.96. The number of hydrogen-bond acceptors (Lipinski definition) is 3. The molecule has 0 bridgehead atoms. The molecule has 0 saturated heterocycles. The zero-order chi connectivity index (χ0) is 10.6. The van der Waals surface area contributed by atoms with E-state index in [1.54, 1.807) is 6.08 Å². The van der Waals surface area contributed by atoms with Gasteiger partial charge in [0, 0.05) is 13.1 Å². The van der Waals surface area contributed by atoms with Crippen LogP contribution in [0.3, 0.4) is 0 Å². The van der Waals surface area contributed by atoms with E-state index in [9.17, 15) is 4.79 Å². The summed E-state index contributed by atoms with van der Waals surface area (Å²) in [5.74, 6) is 0.620. The van der Waals surface area contributed by atoms with Gasteiger partial charge >= 0.3 is 5.97 Å². The average molecular weight is 195 g/mol. The van der Waals surface area contributed by atoms with Crippen LogP contribution in [0.4, 0.5) is 0 Å². The number of rotatable bonds is 3. The predicted octanol–water partition coefficient (Wildman–Crippen LogP) is 2.17. The summed E-state index contributed by atoms with van der Waals surface area (Å²) < 4.78 is 5.20. The van der Waals surface area contributed by atoms with E-state index in [1.165, 1.54) is 13.1 Å². The SMILES string of the molecule is CC(=O)OC1CCC(/C=C\C=N)C1C. The van der Waals surface area contributed by atoms with Gasteiger partial charge in [0.05, 0.1) is 0 Å². The van der Waals surface area contributed by atoms with Crippen LogP contribution in [0.5, 0.6) is 0 Å². The molecule has 3 unspecified atom stereocenters. The summed E-state index contributed by atoms with van der Waals surface area (Å²) in [7, 11) is 0. The highest BCUT2D eigenvalue weighted by Crippen LogP contribution is 2.34. The van der Waals surface area contributed by atoms with E-state index in [0.29, 0.717) is 11.8 Å². The van der Waals surface area contributed by atoms with Gasteiger partial charge in [0.2, 0.25) is 0 Å². The lowest BCUT2D eigenvalue weighted by Gasteiger charge is -2.18. The van der Waals surface area contributed by atoms with Crippen LogP contribution in [0.25, 0.3) is 0 Å². The summed E-state index contributed by atoms with van der Waals surface area (Å²) in [6.45, 7) is 3.55. The summed E-state index contributed by atoms with van der Waals surface area (Å²) in [5.41, 5.74) is 0. The van der Waals surface area contributed by atoms with Crippen molar-refractivity contribution in [2.45, 2.75) is 32.8 Å². The Balaban J connectivity index is 2.50. The quantitative estimate of drug-likeness (QED) is 0.554. The monoisotopic (exact) mass is 195 g/mol. The van der Waals surface area contributed by atoms with Crippen molar-refractivity contribution in [3.05, 3.63) is 12.2 Å². The average Bonchev–Trinajstić information content (AvgIpc) is 2.45. The van der Waals surface area contributed by atoms with Crippen molar-refractivity contribution >= 4 is 12.2 Å². The Morgan fingerprint density at radius 2 is 2.21 bits per heavy atom. The van der Waals surface area contributed by atoms with Gasteiger partial charge in [0.15, 0.2) is 0 Å². The molecule has 0 amide bonds. The van der Waals surface area contributed by atoms with E-state index < -0.39 is 0 Å². The van der Waals surface area contributed by atoms with Gasteiger partial charge in [0.1, 0.15) is 6.10 Å². The van der Waals surface area contributed by atoms with E-state index in [-0.39, 0.29) is 12.1 Å². The second-order valence-electron chi connectivity index (χ2n) is 3.80. The Kier molecular flexibility index (Phi) is 3.86. The lowest BCUT2D eigenvalue weighted by Crippen LogP contribution is -2.21. The molecule has 1 fully saturated rings.